The Hall–Kier alpha value is -2.27. The van der Waals surface area contributed by atoms with E-state index in [-0.39, 0.29) is 17.0 Å². The molecule has 132 valence electrons. The minimum atomic E-state index is -0.954. The lowest BCUT2D eigenvalue weighted by Gasteiger charge is -2.26. The number of hydrogen-bond acceptors (Lipinski definition) is 4. The first kappa shape index (κ1) is 18.5. The number of hydrogen-bond donors (Lipinski definition) is 2. The first-order chi connectivity index (χ1) is 12.3. The topological polar surface area (TPSA) is 86.7 Å². The largest absolute Gasteiger partial charge is 0.506 e. The van der Waals surface area contributed by atoms with Gasteiger partial charge in [0.2, 0.25) is 0 Å². The van der Waals surface area contributed by atoms with E-state index < -0.39 is 23.7 Å². The first-order valence-corrected chi connectivity index (χ1v) is 9.00. The number of halogens is 3. The Bertz CT molecular complexity index is 969. The number of rotatable bonds is 2. The molecule has 0 spiro atoms. The van der Waals surface area contributed by atoms with Crippen LogP contribution in [0, 0.1) is 9.39 Å². The lowest BCUT2D eigenvalue weighted by atomic mass is 10.1. The molecule has 1 aliphatic heterocycles. The number of carbonyl (C=O) groups is 3. The molecule has 0 unspecified atom stereocenters. The van der Waals surface area contributed by atoms with E-state index in [0.29, 0.717) is 18.5 Å². The molecule has 26 heavy (non-hydrogen) atoms. The number of amides is 4. The smallest absolute Gasteiger partial charge is 0.335 e. The van der Waals surface area contributed by atoms with E-state index in [1.165, 1.54) is 30.3 Å². The summed E-state index contributed by atoms with van der Waals surface area (Å²) in [6.45, 7) is 0. The third kappa shape index (κ3) is 3.49. The number of phenolic OH excluding ortho intramolecular Hbond substituents is 1. The molecule has 3 rings (SSSR count). The second-order valence-corrected chi connectivity index (χ2v) is 7.29. The van der Waals surface area contributed by atoms with Crippen molar-refractivity contribution in [2.45, 2.75) is 0 Å². The van der Waals surface area contributed by atoms with Crippen molar-refractivity contribution in [2.75, 3.05) is 4.90 Å². The van der Waals surface area contributed by atoms with Crippen molar-refractivity contribution in [1.29, 1.82) is 0 Å². The van der Waals surface area contributed by atoms with Crippen molar-refractivity contribution in [3.63, 3.8) is 0 Å². The van der Waals surface area contributed by atoms with Gasteiger partial charge in [-0.15, -0.1) is 0 Å². The second kappa shape index (κ2) is 7.16. The molecule has 2 aromatic carbocycles. The third-order valence-electron chi connectivity index (χ3n) is 3.52. The SMILES string of the molecule is O=C1NC(=O)N(c2cccc(F)c2)C(=O)/C1=C/c1cc(Br)c(O)c(I)c1. The fourth-order valence-electron chi connectivity index (χ4n) is 2.34. The summed E-state index contributed by atoms with van der Waals surface area (Å²) in [6, 6.07) is 7.06. The fourth-order valence-corrected chi connectivity index (χ4v) is 3.84. The number of aromatic hydroxyl groups is 1. The highest BCUT2D eigenvalue weighted by Gasteiger charge is 2.36. The molecule has 0 saturated carbocycles. The summed E-state index contributed by atoms with van der Waals surface area (Å²) in [5, 5.41) is 11.8. The number of benzene rings is 2. The molecule has 9 heteroatoms. The molecule has 4 amide bonds. The zero-order valence-corrected chi connectivity index (χ0v) is 16.5. The highest BCUT2D eigenvalue weighted by atomic mass is 127. The van der Waals surface area contributed by atoms with Gasteiger partial charge in [0, 0.05) is 0 Å². The van der Waals surface area contributed by atoms with Gasteiger partial charge in [0.1, 0.15) is 17.1 Å². The molecule has 0 radical (unpaired) electrons. The summed E-state index contributed by atoms with van der Waals surface area (Å²) >= 11 is 5.08. The van der Waals surface area contributed by atoms with E-state index in [9.17, 15) is 23.9 Å². The van der Waals surface area contributed by atoms with Crippen molar-refractivity contribution in [3.05, 3.63) is 61.4 Å². The molecule has 0 atom stereocenters. The molecule has 1 heterocycles. The van der Waals surface area contributed by atoms with Crippen LogP contribution in [-0.2, 0) is 9.59 Å². The van der Waals surface area contributed by atoms with Gasteiger partial charge >= 0.3 is 6.03 Å². The van der Waals surface area contributed by atoms with Crippen LogP contribution >= 0.6 is 38.5 Å². The molecule has 0 aromatic heterocycles. The Labute approximate surface area is 169 Å². The quantitative estimate of drug-likeness (QED) is 0.353. The van der Waals surface area contributed by atoms with Gasteiger partial charge in [-0.2, -0.15) is 0 Å². The van der Waals surface area contributed by atoms with E-state index in [0.717, 1.165) is 6.07 Å². The third-order valence-corrected chi connectivity index (χ3v) is 4.95. The Kier molecular flexibility index (Phi) is 5.10. The monoisotopic (exact) mass is 530 g/mol. The number of phenols is 1. The normalized spacial score (nSPS) is 16.2. The van der Waals surface area contributed by atoms with Crippen molar-refractivity contribution in [2.24, 2.45) is 0 Å². The van der Waals surface area contributed by atoms with Gasteiger partial charge in [-0.25, -0.2) is 14.1 Å². The van der Waals surface area contributed by atoms with E-state index >= 15 is 0 Å². The number of carbonyl (C=O) groups excluding carboxylic acids is 3. The molecule has 1 aliphatic rings. The predicted octanol–water partition coefficient (Wildman–Crippen LogP) is 3.56. The Morgan fingerprint density at radius 1 is 1.19 bits per heavy atom. The second-order valence-electron chi connectivity index (χ2n) is 5.27. The molecule has 6 nitrogen and oxygen atoms in total. The number of imide groups is 2. The maximum atomic E-state index is 13.4. The molecular weight excluding hydrogens is 522 g/mol. The maximum Gasteiger partial charge on any atom is 0.335 e. The van der Waals surface area contributed by atoms with Crippen LogP contribution in [0.15, 0.2) is 46.4 Å². The minimum absolute atomic E-state index is 0.00682. The number of nitrogens with one attached hydrogen (secondary N) is 1. The van der Waals surface area contributed by atoms with Crippen molar-refractivity contribution in [3.8, 4) is 5.75 Å². The van der Waals surface area contributed by atoms with Crippen LogP contribution in [0.5, 0.6) is 5.75 Å². The molecule has 1 saturated heterocycles. The van der Waals surface area contributed by atoms with E-state index in [1.807, 2.05) is 22.6 Å². The molecule has 0 bridgehead atoms. The van der Waals surface area contributed by atoms with Crippen LogP contribution in [0.4, 0.5) is 14.9 Å². The maximum absolute atomic E-state index is 13.4. The van der Waals surface area contributed by atoms with E-state index in [1.54, 1.807) is 6.07 Å². The highest BCUT2D eigenvalue weighted by Crippen LogP contribution is 2.32. The lowest BCUT2D eigenvalue weighted by molar-refractivity contribution is -0.122. The van der Waals surface area contributed by atoms with Crippen LogP contribution in [0.25, 0.3) is 6.08 Å². The molecule has 2 aromatic rings. The zero-order chi connectivity index (χ0) is 19.0. The number of nitrogens with zero attached hydrogens (tertiary/aromatic N) is 1. The van der Waals surface area contributed by atoms with Crippen LogP contribution in [0.1, 0.15) is 5.56 Å². The number of urea groups is 1. The van der Waals surface area contributed by atoms with Gasteiger partial charge < -0.3 is 5.11 Å². The van der Waals surface area contributed by atoms with Gasteiger partial charge in [0.25, 0.3) is 11.8 Å². The van der Waals surface area contributed by atoms with Gasteiger partial charge in [-0.05, 0) is 80.5 Å². The summed E-state index contributed by atoms with van der Waals surface area (Å²) in [6.07, 6.45) is 1.29. The van der Waals surface area contributed by atoms with Crippen LogP contribution < -0.4 is 10.2 Å². The van der Waals surface area contributed by atoms with Crippen LogP contribution in [-0.4, -0.2) is 23.0 Å². The Balaban J connectivity index is 2.06. The van der Waals surface area contributed by atoms with E-state index in [2.05, 4.69) is 21.2 Å². The summed E-state index contributed by atoms with van der Waals surface area (Å²) in [5.74, 6) is -2.32. The van der Waals surface area contributed by atoms with Gasteiger partial charge in [0.15, 0.2) is 0 Å². The van der Waals surface area contributed by atoms with Gasteiger partial charge in [-0.3, -0.25) is 14.9 Å². The number of barbiturate groups is 1. The molecule has 2 N–H and O–H groups in total. The van der Waals surface area contributed by atoms with E-state index in [4.69, 9.17) is 0 Å². The summed E-state index contributed by atoms with van der Waals surface area (Å²) in [7, 11) is 0. The lowest BCUT2D eigenvalue weighted by Crippen LogP contribution is -2.54. The van der Waals surface area contributed by atoms with Crippen LogP contribution in [0.2, 0.25) is 0 Å². The number of anilines is 1. The minimum Gasteiger partial charge on any atom is -0.506 e. The summed E-state index contributed by atoms with van der Waals surface area (Å²) in [4.78, 5) is 37.6. The Morgan fingerprint density at radius 3 is 2.58 bits per heavy atom. The van der Waals surface area contributed by atoms with Crippen LogP contribution in [0.3, 0.4) is 0 Å². The molecule has 0 aliphatic carbocycles. The van der Waals surface area contributed by atoms with Crippen molar-refractivity contribution < 1.29 is 23.9 Å². The van der Waals surface area contributed by atoms with Crippen molar-refractivity contribution in [1.82, 2.24) is 5.32 Å². The average Bonchev–Trinajstić information content (AvgIpc) is 2.56. The zero-order valence-electron chi connectivity index (χ0n) is 12.8. The molecule has 1 fully saturated rings. The first-order valence-electron chi connectivity index (χ1n) is 7.13. The summed E-state index contributed by atoms with van der Waals surface area (Å²) < 4.78 is 14.3. The Morgan fingerprint density at radius 2 is 1.92 bits per heavy atom. The van der Waals surface area contributed by atoms with Gasteiger partial charge in [-0.1, -0.05) is 6.07 Å². The molecular formula is C17H9BrFIN2O4. The predicted molar refractivity (Wildman–Crippen MR) is 104 cm³/mol. The van der Waals surface area contributed by atoms with Gasteiger partial charge in [0.05, 0.1) is 13.7 Å². The fraction of sp³-hybridized carbons (Fsp3) is 0. The highest BCUT2D eigenvalue weighted by molar-refractivity contribution is 14.1. The summed E-state index contributed by atoms with van der Waals surface area (Å²) in [5.41, 5.74) is 0.181. The standard InChI is InChI=1S/C17H9BrFIN2O4/c18-12-5-8(6-13(20)14(12)23)4-11-15(24)21-17(26)22(16(11)25)10-3-1-2-9(19)7-10/h1-7,23H,(H,21,24,26)/b11-4+. The van der Waals surface area contributed by atoms with Crippen molar-refractivity contribution >= 4 is 68.1 Å². The average molecular weight is 531 g/mol.